The lowest BCUT2D eigenvalue weighted by atomic mass is 10.1. The second-order valence-electron chi connectivity index (χ2n) is 7.04. The molecule has 0 saturated carbocycles. The SMILES string of the molecule is CCCCOc1c(C)nc(N)nc1CCCCCCCCCCOCOC. The molecule has 0 atom stereocenters. The van der Waals surface area contributed by atoms with Crippen molar-refractivity contribution >= 4 is 5.95 Å². The standard InChI is InChI=1S/C21H39N3O3/c1-4-5-16-27-20-18(2)23-21(22)24-19(20)14-12-10-8-6-7-9-11-13-15-26-17-25-3/h4-17H2,1-3H3,(H2,22,23,24). The summed E-state index contributed by atoms with van der Waals surface area (Å²) in [5, 5.41) is 0. The van der Waals surface area contributed by atoms with Crippen LogP contribution in [0.5, 0.6) is 5.75 Å². The Morgan fingerprint density at radius 3 is 2.19 bits per heavy atom. The molecule has 0 spiro atoms. The Balaban J connectivity index is 2.17. The number of rotatable bonds is 17. The number of hydrogen-bond acceptors (Lipinski definition) is 6. The van der Waals surface area contributed by atoms with Crippen LogP contribution in [0.3, 0.4) is 0 Å². The molecule has 0 unspecified atom stereocenters. The van der Waals surface area contributed by atoms with E-state index >= 15 is 0 Å². The number of aryl methyl sites for hydroxylation is 2. The van der Waals surface area contributed by atoms with Crippen LogP contribution in [0, 0.1) is 6.92 Å². The fourth-order valence-corrected chi connectivity index (χ4v) is 3.02. The van der Waals surface area contributed by atoms with Crippen molar-refractivity contribution in [1.82, 2.24) is 9.97 Å². The van der Waals surface area contributed by atoms with Gasteiger partial charge in [-0.1, -0.05) is 51.9 Å². The van der Waals surface area contributed by atoms with E-state index in [4.69, 9.17) is 19.9 Å². The molecule has 156 valence electrons. The summed E-state index contributed by atoms with van der Waals surface area (Å²) < 4.78 is 16.1. The molecular formula is C21H39N3O3. The molecule has 0 aliphatic heterocycles. The minimum absolute atomic E-state index is 0.347. The van der Waals surface area contributed by atoms with Crippen LogP contribution in [0.4, 0.5) is 5.95 Å². The molecule has 6 nitrogen and oxygen atoms in total. The number of nitrogens with zero attached hydrogens (tertiary/aromatic N) is 2. The Labute approximate surface area is 165 Å². The van der Waals surface area contributed by atoms with Crippen LogP contribution in [-0.4, -0.2) is 37.1 Å². The zero-order chi connectivity index (χ0) is 19.7. The van der Waals surface area contributed by atoms with Gasteiger partial charge in [0.15, 0.2) is 5.75 Å². The molecule has 0 amide bonds. The predicted octanol–water partition coefficient (Wildman–Crippen LogP) is 4.83. The van der Waals surface area contributed by atoms with Crippen molar-refractivity contribution < 1.29 is 14.2 Å². The van der Waals surface area contributed by atoms with E-state index < -0.39 is 0 Å². The summed E-state index contributed by atoms with van der Waals surface area (Å²) in [5.41, 5.74) is 7.64. The number of nitrogens with two attached hydrogens (primary N) is 1. The van der Waals surface area contributed by atoms with Crippen LogP contribution >= 0.6 is 0 Å². The van der Waals surface area contributed by atoms with E-state index in [1.54, 1.807) is 7.11 Å². The van der Waals surface area contributed by atoms with Gasteiger partial charge >= 0.3 is 0 Å². The van der Waals surface area contributed by atoms with Gasteiger partial charge in [0.05, 0.1) is 18.0 Å². The summed E-state index contributed by atoms with van der Waals surface area (Å²) >= 11 is 0. The summed E-state index contributed by atoms with van der Waals surface area (Å²) in [5.74, 6) is 1.19. The van der Waals surface area contributed by atoms with Gasteiger partial charge in [0, 0.05) is 13.7 Å². The zero-order valence-electron chi connectivity index (χ0n) is 17.6. The molecule has 1 aromatic heterocycles. The third-order valence-corrected chi connectivity index (χ3v) is 4.52. The van der Waals surface area contributed by atoms with Gasteiger partial charge in [0.1, 0.15) is 6.79 Å². The molecule has 2 N–H and O–H groups in total. The topological polar surface area (TPSA) is 79.5 Å². The van der Waals surface area contributed by atoms with Crippen molar-refractivity contribution in [2.75, 3.05) is 32.9 Å². The second kappa shape index (κ2) is 15.6. The maximum Gasteiger partial charge on any atom is 0.220 e. The van der Waals surface area contributed by atoms with Crippen LogP contribution in [0.1, 0.15) is 82.5 Å². The molecule has 27 heavy (non-hydrogen) atoms. The van der Waals surface area contributed by atoms with Gasteiger partial charge in [-0.3, -0.25) is 0 Å². The van der Waals surface area contributed by atoms with Crippen molar-refractivity contribution in [3.05, 3.63) is 11.4 Å². The van der Waals surface area contributed by atoms with E-state index in [1.165, 1.54) is 38.5 Å². The number of unbranched alkanes of at least 4 members (excludes halogenated alkanes) is 8. The van der Waals surface area contributed by atoms with E-state index in [0.29, 0.717) is 19.3 Å². The Kier molecular flexibility index (Phi) is 13.7. The van der Waals surface area contributed by atoms with Crippen LogP contribution in [0.15, 0.2) is 0 Å². The van der Waals surface area contributed by atoms with Crippen molar-refractivity contribution in [3.63, 3.8) is 0 Å². The summed E-state index contributed by atoms with van der Waals surface area (Å²) in [6.07, 6.45) is 12.9. The third kappa shape index (κ3) is 11.1. The number of aromatic nitrogens is 2. The molecule has 0 aliphatic rings. The van der Waals surface area contributed by atoms with Gasteiger partial charge < -0.3 is 19.9 Å². The quantitative estimate of drug-likeness (QED) is 0.307. The maximum absolute atomic E-state index is 5.92. The average Bonchev–Trinajstić information content (AvgIpc) is 2.64. The highest BCUT2D eigenvalue weighted by atomic mass is 16.7. The highest BCUT2D eigenvalue weighted by Crippen LogP contribution is 2.24. The normalized spacial score (nSPS) is 11.1. The fraction of sp³-hybridized carbons (Fsp3) is 0.810. The minimum Gasteiger partial charge on any atom is -0.490 e. The van der Waals surface area contributed by atoms with E-state index in [1.807, 2.05) is 6.92 Å². The summed E-state index contributed by atoms with van der Waals surface area (Å²) in [6.45, 7) is 6.03. The highest BCUT2D eigenvalue weighted by Gasteiger charge is 2.11. The van der Waals surface area contributed by atoms with Crippen molar-refractivity contribution in [3.8, 4) is 5.75 Å². The molecule has 1 rings (SSSR count). The first kappa shape index (κ1) is 23.6. The lowest BCUT2D eigenvalue weighted by Crippen LogP contribution is -2.08. The molecule has 6 heteroatoms. The number of methoxy groups -OCH3 is 1. The fourth-order valence-electron chi connectivity index (χ4n) is 3.02. The van der Waals surface area contributed by atoms with Crippen molar-refractivity contribution in [1.29, 1.82) is 0 Å². The van der Waals surface area contributed by atoms with Gasteiger partial charge in [0.25, 0.3) is 0 Å². The summed E-state index contributed by atoms with van der Waals surface area (Å²) in [7, 11) is 1.65. The minimum atomic E-state index is 0.347. The van der Waals surface area contributed by atoms with Gasteiger partial charge in [-0.15, -0.1) is 0 Å². The molecule has 1 heterocycles. The summed E-state index contributed by atoms with van der Waals surface area (Å²) in [6, 6.07) is 0. The monoisotopic (exact) mass is 381 g/mol. The first-order valence-electron chi connectivity index (χ1n) is 10.5. The van der Waals surface area contributed by atoms with E-state index in [0.717, 1.165) is 55.8 Å². The number of anilines is 1. The van der Waals surface area contributed by atoms with Gasteiger partial charge in [-0.25, -0.2) is 9.97 Å². The number of hydrogen-bond donors (Lipinski definition) is 1. The lowest BCUT2D eigenvalue weighted by Gasteiger charge is -2.13. The highest BCUT2D eigenvalue weighted by molar-refractivity contribution is 5.37. The van der Waals surface area contributed by atoms with Crippen molar-refractivity contribution in [2.24, 2.45) is 0 Å². The van der Waals surface area contributed by atoms with Crippen LogP contribution in [0.25, 0.3) is 0 Å². The van der Waals surface area contributed by atoms with Gasteiger partial charge in [-0.2, -0.15) is 0 Å². The number of nitrogen functional groups attached to an aromatic ring is 1. The van der Waals surface area contributed by atoms with Crippen LogP contribution < -0.4 is 10.5 Å². The largest absolute Gasteiger partial charge is 0.490 e. The molecule has 0 bridgehead atoms. The molecule has 0 aliphatic carbocycles. The molecule has 0 saturated heterocycles. The smallest absolute Gasteiger partial charge is 0.220 e. The second-order valence-corrected chi connectivity index (χ2v) is 7.04. The van der Waals surface area contributed by atoms with E-state index in [9.17, 15) is 0 Å². The molecule has 0 fully saturated rings. The summed E-state index contributed by atoms with van der Waals surface area (Å²) in [4.78, 5) is 8.67. The Morgan fingerprint density at radius 2 is 1.52 bits per heavy atom. The first-order valence-corrected chi connectivity index (χ1v) is 10.5. The Morgan fingerprint density at radius 1 is 0.852 bits per heavy atom. The number of ether oxygens (including phenoxy) is 3. The Hall–Kier alpha value is -1.40. The van der Waals surface area contributed by atoms with Crippen molar-refractivity contribution in [2.45, 2.75) is 84.5 Å². The zero-order valence-corrected chi connectivity index (χ0v) is 17.6. The van der Waals surface area contributed by atoms with E-state index in [2.05, 4.69) is 16.9 Å². The molecule has 1 aromatic rings. The van der Waals surface area contributed by atoms with Crippen LogP contribution in [-0.2, 0) is 15.9 Å². The lowest BCUT2D eigenvalue weighted by molar-refractivity contribution is -0.0315. The maximum atomic E-state index is 5.92. The predicted molar refractivity (Wildman–Crippen MR) is 110 cm³/mol. The molecule has 0 radical (unpaired) electrons. The first-order chi connectivity index (χ1) is 13.2. The third-order valence-electron chi connectivity index (χ3n) is 4.52. The van der Waals surface area contributed by atoms with Gasteiger partial charge in [-0.05, 0) is 32.6 Å². The van der Waals surface area contributed by atoms with Crippen LogP contribution in [0.2, 0.25) is 0 Å². The molecule has 0 aromatic carbocycles. The van der Waals surface area contributed by atoms with E-state index in [-0.39, 0.29) is 0 Å². The Bertz CT molecular complexity index is 498. The average molecular weight is 382 g/mol. The molecular weight excluding hydrogens is 342 g/mol. The van der Waals surface area contributed by atoms with Gasteiger partial charge in [0.2, 0.25) is 5.95 Å².